The van der Waals surface area contributed by atoms with Crippen LogP contribution in [0.15, 0.2) is 22.3 Å². The minimum absolute atomic E-state index is 0.0240. The Balaban J connectivity index is 2.19. The van der Waals surface area contributed by atoms with Gasteiger partial charge in [-0.2, -0.15) is 5.10 Å². The SMILES string of the molecule is Cc1cc(C=NN=C(N)N)c(C)c(CN2CCCC(C)C2)c1. The van der Waals surface area contributed by atoms with Gasteiger partial charge in [-0.25, -0.2) is 0 Å². The number of rotatable bonds is 4. The van der Waals surface area contributed by atoms with Crippen molar-refractivity contribution in [1.29, 1.82) is 0 Å². The molecule has 0 amide bonds. The molecule has 1 fully saturated rings. The molecule has 0 saturated carbocycles. The second-order valence-electron chi connectivity index (χ2n) is 6.39. The molecule has 1 atom stereocenters. The van der Waals surface area contributed by atoms with E-state index in [4.69, 9.17) is 11.5 Å². The van der Waals surface area contributed by atoms with Crippen LogP contribution in [-0.4, -0.2) is 30.2 Å². The van der Waals surface area contributed by atoms with Crippen LogP contribution in [0.25, 0.3) is 0 Å². The molecule has 1 saturated heterocycles. The quantitative estimate of drug-likeness (QED) is 0.508. The highest BCUT2D eigenvalue weighted by Gasteiger charge is 2.17. The molecule has 1 aliphatic heterocycles. The van der Waals surface area contributed by atoms with Crippen LogP contribution >= 0.6 is 0 Å². The van der Waals surface area contributed by atoms with E-state index >= 15 is 0 Å². The van der Waals surface area contributed by atoms with E-state index in [0.29, 0.717) is 0 Å². The predicted octanol–water partition coefficient (Wildman–Crippen LogP) is 2.14. The summed E-state index contributed by atoms with van der Waals surface area (Å²) in [5.74, 6) is 0.769. The Bertz CT molecular complexity index is 573. The summed E-state index contributed by atoms with van der Waals surface area (Å²) in [5.41, 5.74) is 15.5. The monoisotopic (exact) mass is 301 g/mol. The highest BCUT2D eigenvalue weighted by atomic mass is 15.3. The Labute approximate surface area is 133 Å². The van der Waals surface area contributed by atoms with Crippen LogP contribution in [0.3, 0.4) is 0 Å². The van der Waals surface area contributed by atoms with Gasteiger partial charge in [-0.1, -0.05) is 24.6 Å². The van der Waals surface area contributed by atoms with Crippen molar-refractivity contribution in [3.63, 3.8) is 0 Å². The molecule has 1 aromatic rings. The molecule has 1 aromatic carbocycles. The fourth-order valence-corrected chi connectivity index (χ4v) is 3.09. The third-order valence-corrected chi connectivity index (χ3v) is 4.20. The fourth-order valence-electron chi connectivity index (χ4n) is 3.09. The van der Waals surface area contributed by atoms with E-state index in [2.05, 4.69) is 48.0 Å². The first kappa shape index (κ1) is 16.5. The van der Waals surface area contributed by atoms with Gasteiger partial charge in [-0.3, -0.25) is 4.90 Å². The highest BCUT2D eigenvalue weighted by molar-refractivity contribution is 5.83. The third kappa shape index (κ3) is 4.56. The average Bonchev–Trinajstić information content (AvgIpc) is 2.43. The number of hydrogen-bond acceptors (Lipinski definition) is 3. The summed E-state index contributed by atoms with van der Waals surface area (Å²) in [6.45, 7) is 9.96. The molecule has 1 unspecified atom stereocenters. The molecule has 5 nitrogen and oxygen atoms in total. The van der Waals surface area contributed by atoms with E-state index < -0.39 is 0 Å². The lowest BCUT2D eigenvalue weighted by atomic mass is 9.96. The first-order valence-corrected chi connectivity index (χ1v) is 7.90. The fraction of sp³-hybridized carbons (Fsp3) is 0.529. The summed E-state index contributed by atoms with van der Waals surface area (Å²) in [6, 6.07) is 4.38. The summed E-state index contributed by atoms with van der Waals surface area (Å²) < 4.78 is 0. The summed E-state index contributed by atoms with van der Waals surface area (Å²) in [7, 11) is 0. The third-order valence-electron chi connectivity index (χ3n) is 4.20. The maximum absolute atomic E-state index is 5.30. The molecule has 0 radical (unpaired) electrons. The van der Waals surface area contributed by atoms with Crippen molar-refractivity contribution >= 4 is 12.2 Å². The van der Waals surface area contributed by atoms with Gasteiger partial charge in [-0.05, 0) is 55.8 Å². The molecule has 2 rings (SSSR count). The minimum atomic E-state index is -0.0240. The van der Waals surface area contributed by atoms with Crippen molar-refractivity contribution in [3.05, 3.63) is 34.4 Å². The van der Waals surface area contributed by atoms with E-state index in [1.807, 2.05) is 0 Å². The normalized spacial score (nSPS) is 19.5. The molecule has 0 aliphatic carbocycles. The highest BCUT2D eigenvalue weighted by Crippen LogP contribution is 2.21. The van der Waals surface area contributed by atoms with E-state index in [0.717, 1.165) is 18.0 Å². The first-order valence-electron chi connectivity index (χ1n) is 7.90. The van der Waals surface area contributed by atoms with Gasteiger partial charge in [0, 0.05) is 13.1 Å². The summed E-state index contributed by atoms with van der Waals surface area (Å²) >= 11 is 0. The Morgan fingerprint density at radius 2 is 2.14 bits per heavy atom. The van der Waals surface area contributed by atoms with Crippen molar-refractivity contribution in [2.24, 2.45) is 27.6 Å². The predicted molar refractivity (Wildman–Crippen MR) is 93.0 cm³/mol. The van der Waals surface area contributed by atoms with Crippen molar-refractivity contribution in [2.45, 2.75) is 40.2 Å². The van der Waals surface area contributed by atoms with E-state index in [9.17, 15) is 0 Å². The molecule has 1 heterocycles. The Kier molecular flexibility index (Phi) is 5.55. The van der Waals surface area contributed by atoms with E-state index in [1.165, 1.54) is 42.6 Å². The molecule has 5 heteroatoms. The van der Waals surface area contributed by atoms with Gasteiger partial charge >= 0.3 is 0 Å². The Hall–Kier alpha value is -1.88. The lowest BCUT2D eigenvalue weighted by molar-refractivity contribution is 0.176. The number of aryl methyl sites for hydroxylation is 1. The molecule has 0 spiro atoms. The van der Waals surface area contributed by atoms with E-state index in [1.54, 1.807) is 6.21 Å². The molecule has 22 heavy (non-hydrogen) atoms. The van der Waals surface area contributed by atoms with Gasteiger partial charge in [-0.15, -0.1) is 5.10 Å². The number of likely N-dealkylation sites (tertiary alicyclic amines) is 1. The van der Waals surface area contributed by atoms with Crippen molar-refractivity contribution in [2.75, 3.05) is 13.1 Å². The smallest absolute Gasteiger partial charge is 0.211 e. The second kappa shape index (κ2) is 7.40. The van der Waals surface area contributed by atoms with Gasteiger partial charge in [0.2, 0.25) is 5.96 Å². The number of guanidine groups is 1. The molecular formula is C17H27N5. The lowest BCUT2D eigenvalue weighted by Crippen LogP contribution is -2.34. The van der Waals surface area contributed by atoms with Crippen molar-refractivity contribution in [3.8, 4) is 0 Å². The summed E-state index contributed by atoms with van der Waals surface area (Å²) in [4.78, 5) is 2.55. The molecule has 0 aromatic heterocycles. The summed E-state index contributed by atoms with van der Waals surface area (Å²) in [6.07, 6.45) is 4.37. The van der Waals surface area contributed by atoms with Crippen LogP contribution in [0.2, 0.25) is 0 Å². The molecule has 0 bridgehead atoms. The largest absolute Gasteiger partial charge is 0.369 e. The van der Waals surface area contributed by atoms with Gasteiger partial charge in [0.1, 0.15) is 0 Å². The number of piperidine rings is 1. The zero-order valence-corrected chi connectivity index (χ0v) is 13.8. The van der Waals surface area contributed by atoms with Crippen LogP contribution < -0.4 is 11.5 Å². The van der Waals surface area contributed by atoms with Crippen LogP contribution in [0, 0.1) is 19.8 Å². The van der Waals surface area contributed by atoms with Crippen LogP contribution in [0.5, 0.6) is 0 Å². The topological polar surface area (TPSA) is 80.0 Å². The zero-order valence-electron chi connectivity index (χ0n) is 13.8. The molecule has 4 N–H and O–H groups in total. The molecule has 120 valence electrons. The van der Waals surface area contributed by atoms with Gasteiger partial charge in [0.25, 0.3) is 0 Å². The van der Waals surface area contributed by atoms with Crippen LogP contribution in [0.1, 0.15) is 42.0 Å². The molecular weight excluding hydrogens is 274 g/mol. The van der Waals surface area contributed by atoms with Crippen molar-refractivity contribution < 1.29 is 0 Å². The maximum Gasteiger partial charge on any atom is 0.211 e. The number of hydrogen-bond donors (Lipinski definition) is 2. The van der Waals surface area contributed by atoms with Gasteiger partial charge < -0.3 is 11.5 Å². The van der Waals surface area contributed by atoms with Crippen LogP contribution in [-0.2, 0) is 6.54 Å². The standard InChI is InChI=1S/C17H27N5/c1-12-5-4-6-22(10-12)11-16-8-13(2)7-15(14(16)3)9-20-21-17(18)19/h7-9,12H,4-6,10-11H2,1-3H3,(H4,18,19,21). The number of benzene rings is 1. The van der Waals surface area contributed by atoms with Gasteiger partial charge in [0.05, 0.1) is 6.21 Å². The number of nitrogens with two attached hydrogens (primary N) is 2. The average molecular weight is 301 g/mol. The molecule has 1 aliphatic rings. The maximum atomic E-state index is 5.30. The minimum Gasteiger partial charge on any atom is -0.369 e. The number of nitrogens with zero attached hydrogens (tertiary/aromatic N) is 3. The van der Waals surface area contributed by atoms with Crippen molar-refractivity contribution in [1.82, 2.24) is 4.90 Å². The van der Waals surface area contributed by atoms with E-state index in [-0.39, 0.29) is 5.96 Å². The first-order chi connectivity index (χ1) is 10.5. The summed E-state index contributed by atoms with van der Waals surface area (Å²) in [5, 5.41) is 7.62. The Morgan fingerprint density at radius 1 is 1.36 bits per heavy atom. The van der Waals surface area contributed by atoms with Crippen LogP contribution in [0.4, 0.5) is 0 Å². The van der Waals surface area contributed by atoms with Gasteiger partial charge in [0.15, 0.2) is 0 Å². The Morgan fingerprint density at radius 3 is 2.82 bits per heavy atom. The lowest BCUT2D eigenvalue weighted by Gasteiger charge is -2.31. The second-order valence-corrected chi connectivity index (χ2v) is 6.39. The zero-order chi connectivity index (χ0) is 16.1.